The summed E-state index contributed by atoms with van der Waals surface area (Å²) in [6, 6.07) is 16.3. The van der Waals surface area contributed by atoms with Crippen molar-refractivity contribution in [1.82, 2.24) is 14.5 Å². The van der Waals surface area contributed by atoms with Crippen molar-refractivity contribution in [3.05, 3.63) is 87.6 Å². The Morgan fingerprint density at radius 1 is 1.10 bits per heavy atom. The summed E-state index contributed by atoms with van der Waals surface area (Å²) in [5.41, 5.74) is 3.22. The molecule has 0 amide bonds. The monoisotopic (exact) mass is 414 g/mol. The number of nitrogens with zero attached hydrogens (tertiary/aromatic N) is 4. The van der Waals surface area contributed by atoms with Crippen molar-refractivity contribution in [2.75, 3.05) is 0 Å². The fourth-order valence-electron chi connectivity index (χ4n) is 3.55. The van der Waals surface area contributed by atoms with E-state index in [1.165, 1.54) is 17.8 Å². The summed E-state index contributed by atoms with van der Waals surface area (Å²) >= 11 is 0. The standard InChI is InChI=1S/C24H22N4O3/c1-4-27-24(30)23(25-19-8-5-9-20-18(19)7-6-14-28(20)31)21(16(3)29)22(26-27)17-12-10-15(2)11-13-17/h5-14,31H,4H2,1-3H3. The van der Waals surface area contributed by atoms with Crippen LogP contribution in [0.5, 0.6) is 0 Å². The van der Waals surface area contributed by atoms with Gasteiger partial charge in [-0.2, -0.15) is 9.83 Å². The number of ketones is 1. The zero-order valence-electron chi connectivity index (χ0n) is 17.5. The Kier molecular flexibility index (Phi) is 5.25. The highest BCUT2D eigenvalue weighted by Crippen LogP contribution is 2.27. The minimum Gasteiger partial charge on any atom is -0.428 e. The molecule has 4 rings (SSSR count). The lowest BCUT2D eigenvalue weighted by Crippen LogP contribution is -2.26. The van der Waals surface area contributed by atoms with E-state index in [9.17, 15) is 14.8 Å². The van der Waals surface area contributed by atoms with Crippen LogP contribution in [0.2, 0.25) is 0 Å². The zero-order valence-corrected chi connectivity index (χ0v) is 17.5. The Morgan fingerprint density at radius 2 is 1.84 bits per heavy atom. The van der Waals surface area contributed by atoms with Crippen molar-refractivity contribution in [2.45, 2.75) is 27.3 Å². The third kappa shape index (κ3) is 3.66. The molecular formula is C24H22N4O3. The molecule has 1 aromatic carbocycles. The molecule has 156 valence electrons. The lowest BCUT2D eigenvalue weighted by atomic mass is 10.0. The Labute approximate surface area is 178 Å². The van der Waals surface area contributed by atoms with Gasteiger partial charge < -0.3 is 5.21 Å². The van der Waals surface area contributed by atoms with Crippen LogP contribution in [-0.2, 0) is 6.54 Å². The highest BCUT2D eigenvalue weighted by molar-refractivity contribution is 6.04. The van der Waals surface area contributed by atoms with Crippen LogP contribution in [0.15, 0.2) is 70.6 Å². The molecule has 7 nitrogen and oxygen atoms in total. The predicted molar refractivity (Wildman–Crippen MR) is 118 cm³/mol. The van der Waals surface area contributed by atoms with Crippen LogP contribution in [-0.4, -0.2) is 25.5 Å². The molecule has 1 N–H and O–H groups in total. The maximum Gasteiger partial charge on any atom is 0.293 e. The molecule has 0 fully saturated rings. The first-order valence-corrected chi connectivity index (χ1v) is 9.98. The van der Waals surface area contributed by atoms with Crippen LogP contribution in [0.25, 0.3) is 22.5 Å². The molecule has 1 aromatic heterocycles. The van der Waals surface area contributed by atoms with Gasteiger partial charge in [0.1, 0.15) is 11.4 Å². The number of rotatable bonds is 4. The van der Waals surface area contributed by atoms with Gasteiger partial charge in [-0.15, -0.1) is 0 Å². The molecule has 2 aromatic rings. The summed E-state index contributed by atoms with van der Waals surface area (Å²) in [6.45, 7) is 5.54. The summed E-state index contributed by atoms with van der Waals surface area (Å²) in [5, 5.41) is 15.0. The van der Waals surface area contributed by atoms with Gasteiger partial charge in [-0.3, -0.25) is 9.59 Å². The largest absolute Gasteiger partial charge is 0.428 e. The topological polar surface area (TPSA) is 89.5 Å². The minimum atomic E-state index is -0.437. The molecule has 7 heteroatoms. The van der Waals surface area contributed by atoms with Gasteiger partial charge in [0.05, 0.1) is 16.6 Å². The van der Waals surface area contributed by atoms with E-state index in [1.807, 2.05) is 38.1 Å². The molecule has 1 aliphatic heterocycles. The molecule has 0 saturated carbocycles. The van der Waals surface area contributed by atoms with Gasteiger partial charge in [-0.1, -0.05) is 35.9 Å². The highest BCUT2D eigenvalue weighted by Gasteiger charge is 2.22. The van der Waals surface area contributed by atoms with Crippen LogP contribution >= 0.6 is 0 Å². The number of aryl methyl sites for hydroxylation is 2. The van der Waals surface area contributed by atoms with Gasteiger partial charge in [0.15, 0.2) is 5.78 Å². The first kappa shape index (κ1) is 20.3. The van der Waals surface area contributed by atoms with Crippen molar-refractivity contribution in [2.24, 2.45) is 4.99 Å². The van der Waals surface area contributed by atoms with E-state index in [-0.39, 0.29) is 17.0 Å². The van der Waals surface area contributed by atoms with Crippen molar-refractivity contribution in [3.63, 3.8) is 0 Å². The molecule has 0 atom stereocenters. The summed E-state index contributed by atoms with van der Waals surface area (Å²) in [4.78, 5) is 30.5. The van der Waals surface area contributed by atoms with Gasteiger partial charge >= 0.3 is 0 Å². The first-order valence-electron chi connectivity index (χ1n) is 9.98. The van der Waals surface area contributed by atoms with Crippen molar-refractivity contribution >= 4 is 11.5 Å². The SMILES string of the molecule is CCn1nc(-c2ccc(C)cc2)c(C(C)=O)c(N=c2cccc3n(O)cccc2-3)c1=O. The summed E-state index contributed by atoms with van der Waals surface area (Å²) in [6.07, 6.45) is 1.51. The van der Waals surface area contributed by atoms with Gasteiger partial charge in [-0.05, 0) is 45.0 Å². The number of aromatic nitrogens is 3. The Hall–Kier alpha value is -4.00. The van der Waals surface area contributed by atoms with Crippen molar-refractivity contribution < 1.29 is 10.0 Å². The maximum absolute atomic E-state index is 13.2. The van der Waals surface area contributed by atoms with Crippen LogP contribution in [0.4, 0.5) is 5.69 Å². The zero-order chi connectivity index (χ0) is 22.1. The average molecular weight is 414 g/mol. The minimum absolute atomic E-state index is 0.0424. The number of pyridine rings is 1. The quantitative estimate of drug-likeness (QED) is 0.406. The third-order valence-electron chi connectivity index (χ3n) is 5.14. The number of Topliss-reactive ketones (excluding diaryl/α,β-unsaturated/α-hetero) is 1. The Balaban J connectivity index is 2.09. The van der Waals surface area contributed by atoms with E-state index in [1.54, 1.807) is 30.3 Å². The van der Waals surface area contributed by atoms with Gasteiger partial charge in [0.25, 0.3) is 5.56 Å². The van der Waals surface area contributed by atoms with Crippen LogP contribution in [0.1, 0.15) is 29.8 Å². The van der Waals surface area contributed by atoms with E-state index >= 15 is 0 Å². The number of hydrogen-bond donors (Lipinski definition) is 1. The molecule has 2 heterocycles. The molecule has 0 unspecified atom stereocenters. The van der Waals surface area contributed by atoms with Crippen molar-refractivity contribution in [1.29, 1.82) is 0 Å². The number of benzene rings is 2. The number of carbonyl (C=O) groups is 1. The van der Waals surface area contributed by atoms with Gasteiger partial charge in [0.2, 0.25) is 0 Å². The third-order valence-corrected chi connectivity index (χ3v) is 5.14. The molecule has 1 aliphatic carbocycles. The molecule has 0 saturated heterocycles. The first-order chi connectivity index (χ1) is 14.9. The number of hydrogen-bond acceptors (Lipinski definition) is 5. The van der Waals surface area contributed by atoms with E-state index in [4.69, 9.17) is 0 Å². The molecule has 0 spiro atoms. The van der Waals surface area contributed by atoms with Gasteiger partial charge in [-0.25, -0.2) is 9.67 Å². The molecule has 2 aliphatic rings. The second kappa shape index (κ2) is 8.02. The van der Waals surface area contributed by atoms with E-state index in [2.05, 4.69) is 10.1 Å². The Bertz CT molecular complexity index is 1380. The van der Waals surface area contributed by atoms with Crippen LogP contribution in [0.3, 0.4) is 0 Å². The second-order valence-corrected chi connectivity index (χ2v) is 7.29. The molecule has 0 radical (unpaired) electrons. The number of carbonyl (C=O) groups excluding carboxylic acids is 1. The van der Waals surface area contributed by atoms with E-state index < -0.39 is 5.56 Å². The van der Waals surface area contributed by atoms with Crippen LogP contribution < -0.4 is 10.9 Å². The normalized spacial score (nSPS) is 11.8. The fourth-order valence-corrected chi connectivity index (χ4v) is 3.55. The second-order valence-electron chi connectivity index (χ2n) is 7.29. The fraction of sp³-hybridized carbons (Fsp3) is 0.167. The predicted octanol–water partition coefficient (Wildman–Crippen LogP) is 3.82. The highest BCUT2D eigenvalue weighted by atomic mass is 16.5. The molecular weight excluding hydrogens is 392 g/mol. The lowest BCUT2D eigenvalue weighted by Gasteiger charge is -2.13. The molecule has 31 heavy (non-hydrogen) atoms. The summed E-state index contributed by atoms with van der Waals surface area (Å²) < 4.78 is 2.31. The smallest absolute Gasteiger partial charge is 0.293 e. The summed E-state index contributed by atoms with van der Waals surface area (Å²) in [7, 11) is 0. The number of fused-ring (bicyclic) bond motifs is 1. The van der Waals surface area contributed by atoms with E-state index in [0.717, 1.165) is 15.9 Å². The van der Waals surface area contributed by atoms with Crippen molar-refractivity contribution in [3.8, 4) is 22.5 Å². The Morgan fingerprint density at radius 3 is 2.52 bits per heavy atom. The van der Waals surface area contributed by atoms with Crippen LogP contribution in [0, 0.1) is 6.92 Å². The molecule has 0 bridgehead atoms. The van der Waals surface area contributed by atoms with E-state index in [0.29, 0.717) is 28.9 Å². The lowest BCUT2D eigenvalue weighted by molar-refractivity contribution is 0.101. The summed E-state index contributed by atoms with van der Waals surface area (Å²) in [5.74, 6) is -0.292. The maximum atomic E-state index is 13.2. The van der Waals surface area contributed by atoms with Gasteiger partial charge in [0, 0.05) is 23.9 Å². The average Bonchev–Trinajstić information content (AvgIpc) is 2.76.